The number of ether oxygens (including phenoxy) is 2. The van der Waals surface area contributed by atoms with Gasteiger partial charge in [0.15, 0.2) is 11.5 Å². The smallest absolute Gasteiger partial charge is 0.263 e. The molecule has 1 saturated heterocycles. The maximum absolute atomic E-state index is 11.7. The van der Waals surface area contributed by atoms with Crippen LogP contribution in [0.15, 0.2) is 53.4 Å². The number of carbonyl (C=O) groups is 1. The maximum Gasteiger partial charge on any atom is 0.263 e. The zero-order valence-corrected chi connectivity index (χ0v) is 13.9. The summed E-state index contributed by atoms with van der Waals surface area (Å²) in [5, 5.41) is 2.60. The molecule has 23 heavy (non-hydrogen) atoms. The molecule has 1 fully saturated rings. The predicted molar refractivity (Wildman–Crippen MR) is 95.8 cm³/mol. The van der Waals surface area contributed by atoms with Crippen molar-refractivity contribution in [2.24, 2.45) is 0 Å². The molecule has 116 valence electrons. The van der Waals surface area contributed by atoms with E-state index in [0.717, 1.165) is 5.56 Å². The quantitative estimate of drug-likeness (QED) is 0.672. The lowest BCUT2D eigenvalue weighted by Gasteiger charge is -2.10. The van der Waals surface area contributed by atoms with Gasteiger partial charge in [0.1, 0.15) is 10.1 Å². The fraction of sp³-hybridized carbons (Fsp3) is 0.0588. The highest BCUT2D eigenvalue weighted by molar-refractivity contribution is 8.26. The minimum absolute atomic E-state index is 0.170. The Labute approximate surface area is 143 Å². The van der Waals surface area contributed by atoms with E-state index in [9.17, 15) is 4.79 Å². The van der Waals surface area contributed by atoms with E-state index in [1.807, 2.05) is 48.5 Å². The Morgan fingerprint density at radius 2 is 1.91 bits per heavy atom. The molecule has 6 heteroatoms. The van der Waals surface area contributed by atoms with Gasteiger partial charge in [0.2, 0.25) is 0 Å². The molecule has 1 N–H and O–H groups in total. The summed E-state index contributed by atoms with van der Waals surface area (Å²) in [5.41, 5.74) is 0.861. The van der Waals surface area contributed by atoms with Crippen molar-refractivity contribution >= 4 is 40.3 Å². The average Bonchev–Trinajstić information content (AvgIpc) is 2.86. The van der Waals surface area contributed by atoms with Crippen LogP contribution in [0, 0.1) is 0 Å². The summed E-state index contributed by atoms with van der Waals surface area (Å²) >= 11 is 6.24. The fourth-order valence-electron chi connectivity index (χ4n) is 2.07. The normalized spacial score (nSPS) is 15.6. The molecule has 1 heterocycles. The number of carbonyl (C=O) groups excluding carboxylic acids is 1. The molecule has 2 aromatic carbocycles. The van der Waals surface area contributed by atoms with Gasteiger partial charge in [0.05, 0.1) is 12.0 Å². The van der Waals surface area contributed by atoms with Crippen LogP contribution in [-0.4, -0.2) is 17.3 Å². The third-order valence-corrected chi connectivity index (χ3v) is 4.26. The molecule has 3 rings (SSSR count). The van der Waals surface area contributed by atoms with Crippen LogP contribution in [0.1, 0.15) is 5.56 Å². The first-order valence-corrected chi connectivity index (χ1v) is 8.04. The van der Waals surface area contributed by atoms with Crippen molar-refractivity contribution in [3.8, 4) is 17.2 Å². The second-order valence-corrected chi connectivity index (χ2v) is 6.40. The first kappa shape index (κ1) is 15.6. The molecule has 0 saturated carbocycles. The number of amides is 1. The topological polar surface area (TPSA) is 47.6 Å². The molecular weight excluding hydrogens is 330 g/mol. The molecule has 0 atom stereocenters. The zero-order valence-electron chi connectivity index (χ0n) is 12.2. The molecule has 1 aliphatic rings. The van der Waals surface area contributed by atoms with Gasteiger partial charge < -0.3 is 14.8 Å². The SMILES string of the molecule is COc1ccccc1Oc1cccc(C=C2SC(=S)NC2=O)c1. The van der Waals surface area contributed by atoms with Crippen molar-refractivity contribution in [3.63, 3.8) is 0 Å². The Morgan fingerprint density at radius 1 is 1.13 bits per heavy atom. The van der Waals surface area contributed by atoms with Gasteiger partial charge in [-0.25, -0.2) is 0 Å². The number of para-hydroxylation sites is 2. The summed E-state index contributed by atoms with van der Waals surface area (Å²) in [5.74, 6) is 1.78. The molecule has 1 amide bonds. The van der Waals surface area contributed by atoms with Crippen molar-refractivity contribution in [1.82, 2.24) is 5.32 Å². The van der Waals surface area contributed by atoms with Gasteiger partial charge >= 0.3 is 0 Å². The van der Waals surface area contributed by atoms with Crippen LogP contribution in [0.4, 0.5) is 0 Å². The van der Waals surface area contributed by atoms with E-state index in [2.05, 4.69) is 5.32 Å². The van der Waals surface area contributed by atoms with E-state index in [-0.39, 0.29) is 5.91 Å². The summed E-state index contributed by atoms with van der Waals surface area (Å²) in [6.45, 7) is 0. The Morgan fingerprint density at radius 3 is 2.61 bits per heavy atom. The van der Waals surface area contributed by atoms with E-state index in [1.165, 1.54) is 11.8 Å². The third-order valence-electron chi connectivity index (χ3n) is 3.09. The third kappa shape index (κ3) is 3.72. The number of hydrogen-bond acceptors (Lipinski definition) is 5. The van der Waals surface area contributed by atoms with Gasteiger partial charge in [0, 0.05) is 0 Å². The molecule has 0 radical (unpaired) electrons. The Kier molecular flexibility index (Phi) is 4.64. The van der Waals surface area contributed by atoms with E-state index in [0.29, 0.717) is 26.5 Å². The Hall–Kier alpha value is -2.31. The van der Waals surface area contributed by atoms with Crippen LogP contribution < -0.4 is 14.8 Å². The number of benzene rings is 2. The van der Waals surface area contributed by atoms with Crippen LogP contribution in [0.3, 0.4) is 0 Å². The first-order chi connectivity index (χ1) is 11.2. The minimum atomic E-state index is -0.170. The maximum atomic E-state index is 11.7. The Balaban J connectivity index is 1.84. The van der Waals surface area contributed by atoms with E-state index in [1.54, 1.807) is 13.2 Å². The lowest BCUT2D eigenvalue weighted by Crippen LogP contribution is -2.17. The summed E-state index contributed by atoms with van der Waals surface area (Å²) in [7, 11) is 1.60. The summed E-state index contributed by atoms with van der Waals surface area (Å²) in [6, 6.07) is 14.9. The van der Waals surface area contributed by atoms with Gasteiger partial charge in [-0.2, -0.15) is 0 Å². The molecule has 0 bridgehead atoms. The predicted octanol–water partition coefficient (Wildman–Crippen LogP) is 3.98. The van der Waals surface area contributed by atoms with Crippen LogP contribution >= 0.6 is 24.0 Å². The highest BCUT2D eigenvalue weighted by Gasteiger charge is 2.21. The second kappa shape index (κ2) is 6.85. The molecule has 0 aromatic heterocycles. The number of nitrogens with one attached hydrogen (secondary N) is 1. The van der Waals surface area contributed by atoms with Gasteiger partial charge in [-0.05, 0) is 35.9 Å². The van der Waals surface area contributed by atoms with E-state index in [4.69, 9.17) is 21.7 Å². The summed E-state index contributed by atoms with van der Waals surface area (Å²) in [6.07, 6.45) is 1.79. The Bertz CT molecular complexity index is 802. The fourth-order valence-corrected chi connectivity index (χ4v) is 3.11. The highest BCUT2D eigenvalue weighted by Crippen LogP contribution is 2.32. The summed E-state index contributed by atoms with van der Waals surface area (Å²) in [4.78, 5) is 12.3. The van der Waals surface area contributed by atoms with Crippen molar-refractivity contribution in [2.75, 3.05) is 7.11 Å². The summed E-state index contributed by atoms with van der Waals surface area (Å²) < 4.78 is 11.6. The molecule has 1 aliphatic heterocycles. The van der Waals surface area contributed by atoms with Gasteiger partial charge in [0.25, 0.3) is 5.91 Å². The molecular formula is C17H13NO3S2. The lowest BCUT2D eigenvalue weighted by atomic mass is 10.2. The van der Waals surface area contributed by atoms with Crippen LogP contribution in [0.2, 0.25) is 0 Å². The van der Waals surface area contributed by atoms with Crippen molar-refractivity contribution in [1.29, 1.82) is 0 Å². The van der Waals surface area contributed by atoms with E-state index >= 15 is 0 Å². The average molecular weight is 343 g/mol. The monoisotopic (exact) mass is 343 g/mol. The molecule has 0 unspecified atom stereocenters. The van der Waals surface area contributed by atoms with Crippen molar-refractivity contribution in [2.45, 2.75) is 0 Å². The largest absolute Gasteiger partial charge is 0.493 e. The number of rotatable bonds is 4. The van der Waals surface area contributed by atoms with Crippen LogP contribution in [0.5, 0.6) is 17.2 Å². The van der Waals surface area contributed by atoms with Crippen molar-refractivity contribution < 1.29 is 14.3 Å². The highest BCUT2D eigenvalue weighted by atomic mass is 32.2. The molecule has 0 aliphatic carbocycles. The minimum Gasteiger partial charge on any atom is -0.493 e. The molecule has 4 nitrogen and oxygen atoms in total. The second-order valence-electron chi connectivity index (χ2n) is 4.68. The number of thiocarbonyl (C=S) groups is 1. The lowest BCUT2D eigenvalue weighted by molar-refractivity contribution is -0.115. The number of thioether (sulfide) groups is 1. The molecule has 2 aromatic rings. The zero-order chi connectivity index (χ0) is 16.2. The number of hydrogen-bond donors (Lipinski definition) is 1. The van der Waals surface area contributed by atoms with Gasteiger partial charge in [-0.1, -0.05) is 48.2 Å². The van der Waals surface area contributed by atoms with Crippen LogP contribution in [0.25, 0.3) is 6.08 Å². The molecule has 0 spiro atoms. The van der Waals surface area contributed by atoms with Gasteiger partial charge in [-0.15, -0.1) is 0 Å². The van der Waals surface area contributed by atoms with Crippen molar-refractivity contribution in [3.05, 3.63) is 59.0 Å². The van der Waals surface area contributed by atoms with Gasteiger partial charge in [-0.3, -0.25) is 4.79 Å². The number of methoxy groups -OCH3 is 1. The first-order valence-electron chi connectivity index (χ1n) is 6.81. The standard InChI is InChI=1S/C17H13NO3S2/c1-20-13-7-2-3-8-14(13)21-12-6-4-5-11(9-12)10-15-16(19)18-17(22)23-15/h2-10H,1H3,(H,18,19,22). The van der Waals surface area contributed by atoms with E-state index < -0.39 is 0 Å². The van der Waals surface area contributed by atoms with Crippen LogP contribution in [-0.2, 0) is 4.79 Å².